The van der Waals surface area contributed by atoms with Crippen LogP contribution in [0, 0.1) is 6.92 Å². The number of anilines is 1. The maximum atomic E-state index is 12.3. The van der Waals surface area contributed by atoms with Crippen molar-refractivity contribution in [2.45, 2.75) is 19.8 Å². The van der Waals surface area contributed by atoms with Crippen LogP contribution in [0.4, 0.5) is 5.69 Å². The molecule has 1 aliphatic rings. The Hall–Kier alpha value is -2.67. The second-order valence-electron chi connectivity index (χ2n) is 5.94. The van der Waals surface area contributed by atoms with Crippen molar-refractivity contribution in [3.63, 3.8) is 0 Å². The molecule has 7 heteroatoms. The fourth-order valence-corrected chi connectivity index (χ4v) is 3.88. The highest BCUT2D eigenvalue weighted by molar-refractivity contribution is 7.09. The van der Waals surface area contributed by atoms with Gasteiger partial charge in [-0.3, -0.25) is 9.59 Å². The number of carbonyl (C=O) groups is 1. The molecule has 1 aromatic carbocycles. The molecule has 0 fully saturated rings. The highest BCUT2D eigenvalue weighted by Gasteiger charge is 2.33. The minimum atomic E-state index is -0.479. The summed E-state index contributed by atoms with van der Waals surface area (Å²) in [6, 6.07) is 5.78. The predicted octanol–water partition coefficient (Wildman–Crippen LogP) is 3.03. The highest BCUT2D eigenvalue weighted by atomic mass is 32.1. The Balaban J connectivity index is 1.93. The van der Waals surface area contributed by atoms with E-state index in [9.17, 15) is 9.59 Å². The van der Waals surface area contributed by atoms with Crippen LogP contribution in [0.5, 0.6) is 0 Å². The molecular weight excluding hydrogens is 338 g/mol. The lowest BCUT2D eigenvalue weighted by molar-refractivity contribution is -0.144. The van der Waals surface area contributed by atoms with Crippen LogP contribution in [0.1, 0.15) is 23.4 Å². The van der Waals surface area contributed by atoms with Crippen molar-refractivity contribution < 1.29 is 9.53 Å². The zero-order valence-corrected chi connectivity index (χ0v) is 14.7. The summed E-state index contributed by atoms with van der Waals surface area (Å²) in [5, 5.41) is 6.90. The minimum absolute atomic E-state index is 0.216. The van der Waals surface area contributed by atoms with Crippen LogP contribution in [0.15, 0.2) is 28.4 Å². The van der Waals surface area contributed by atoms with Crippen LogP contribution in [-0.2, 0) is 9.53 Å². The molecule has 1 aliphatic heterocycles. The summed E-state index contributed by atoms with van der Waals surface area (Å²) in [6.45, 7) is 4.43. The van der Waals surface area contributed by atoms with E-state index in [0.717, 1.165) is 21.7 Å². The number of esters is 1. The van der Waals surface area contributed by atoms with E-state index in [0.29, 0.717) is 29.9 Å². The summed E-state index contributed by atoms with van der Waals surface area (Å²) in [6.07, 6.45) is 0. The summed E-state index contributed by atoms with van der Waals surface area (Å²) in [7, 11) is 0. The van der Waals surface area contributed by atoms with Crippen LogP contribution in [0.3, 0.4) is 0 Å². The predicted molar refractivity (Wildman–Crippen MR) is 98.3 cm³/mol. The van der Waals surface area contributed by atoms with Gasteiger partial charge < -0.3 is 15.0 Å². The average Bonchev–Trinajstić information content (AvgIpc) is 3.22. The van der Waals surface area contributed by atoms with Crippen LogP contribution in [0.2, 0.25) is 0 Å². The zero-order valence-electron chi connectivity index (χ0n) is 13.9. The van der Waals surface area contributed by atoms with Crippen molar-refractivity contribution in [3.8, 4) is 11.3 Å². The standard InChI is InChI=1S/C18H17N3O3S/c1-3-24-18(23)12-7-19-16-15(12)11-6-10(14-8-25-9(2)20-14)4-5-13(11)21-17(16)22/h4-6,8,12,19H,3,7H2,1-2H3,(H,21,22). The van der Waals surface area contributed by atoms with Gasteiger partial charge in [0.1, 0.15) is 11.6 Å². The molecule has 3 aromatic rings. The number of pyridine rings is 1. The van der Waals surface area contributed by atoms with Crippen LogP contribution < -0.4 is 10.9 Å². The number of ether oxygens (including phenoxy) is 1. The number of rotatable bonds is 3. The number of hydrogen-bond donors (Lipinski definition) is 2. The Morgan fingerprint density at radius 3 is 3.00 bits per heavy atom. The summed E-state index contributed by atoms with van der Waals surface area (Å²) in [5.74, 6) is -0.789. The third kappa shape index (κ3) is 2.60. The van der Waals surface area contributed by atoms with Crippen LogP contribution in [-0.4, -0.2) is 29.1 Å². The Bertz CT molecular complexity index is 1040. The van der Waals surface area contributed by atoms with Crippen molar-refractivity contribution in [1.29, 1.82) is 0 Å². The molecule has 0 aliphatic carbocycles. The normalized spacial score (nSPS) is 15.8. The molecule has 0 bridgehead atoms. The van der Waals surface area contributed by atoms with Crippen molar-refractivity contribution >= 4 is 33.9 Å². The number of hydrogen-bond acceptors (Lipinski definition) is 6. The first-order valence-electron chi connectivity index (χ1n) is 8.11. The van der Waals surface area contributed by atoms with Gasteiger partial charge in [-0.05, 0) is 26.0 Å². The number of nitrogens with zero attached hydrogens (tertiary/aromatic N) is 1. The van der Waals surface area contributed by atoms with Crippen LogP contribution >= 0.6 is 11.3 Å². The van der Waals surface area contributed by atoms with Gasteiger partial charge in [0, 0.05) is 34.0 Å². The first kappa shape index (κ1) is 15.8. The Morgan fingerprint density at radius 1 is 1.44 bits per heavy atom. The lowest BCUT2D eigenvalue weighted by atomic mass is 9.96. The maximum absolute atomic E-state index is 12.3. The minimum Gasteiger partial charge on any atom is -0.465 e. The van der Waals surface area contributed by atoms with Gasteiger partial charge in [-0.2, -0.15) is 0 Å². The van der Waals surface area contributed by atoms with Crippen molar-refractivity contribution in [3.05, 3.63) is 44.5 Å². The van der Waals surface area contributed by atoms with Crippen molar-refractivity contribution in [1.82, 2.24) is 9.97 Å². The largest absolute Gasteiger partial charge is 0.465 e. The average molecular weight is 355 g/mol. The molecule has 0 amide bonds. The molecule has 1 atom stereocenters. The summed E-state index contributed by atoms with van der Waals surface area (Å²) in [4.78, 5) is 32.1. The fraction of sp³-hybridized carbons (Fsp3) is 0.278. The lowest BCUT2D eigenvalue weighted by Gasteiger charge is -2.12. The number of fused-ring (bicyclic) bond motifs is 3. The SMILES string of the molecule is CCOC(=O)C1CNc2c1c1cc(-c3csc(C)n3)ccc1[nH]c2=O. The first-order valence-corrected chi connectivity index (χ1v) is 8.99. The Labute approximate surface area is 147 Å². The van der Waals surface area contributed by atoms with Crippen molar-refractivity contribution in [2.24, 2.45) is 0 Å². The molecule has 4 rings (SSSR count). The second kappa shape index (κ2) is 6.00. The molecule has 0 saturated carbocycles. The summed E-state index contributed by atoms with van der Waals surface area (Å²) >= 11 is 1.59. The van der Waals surface area contributed by atoms with Gasteiger partial charge in [0.25, 0.3) is 5.56 Å². The third-order valence-electron chi connectivity index (χ3n) is 4.37. The van der Waals surface area contributed by atoms with E-state index in [1.165, 1.54) is 0 Å². The monoisotopic (exact) mass is 355 g/mol. The molecular formula is C18H17N3O3S. The Morgan fingerprint density at radius 2 is 2.28 bits per heavy atom. The zero-order chi connectivity index (χ0) is 17.6. The van der Waals surface area contributed by atoms with Gasteiger partial charge >= 0.3 is 5.97 Å². The number of nitrogens with one attached hydrogen (secondary N) is 2. The Kier molecular flexibility index (Phi) is 3.80. The topological polar surface area (TPSA) is 84.1 Å². The molecule has 1 unspecified atom stereocenters. The number of benzene rings is 1. The van der Waals surface area contributed by atoms with Crippen molar-refractivity contribution in [2.75, 3.05) is 18.5 Å². The molecule has 2 aromatic heterocycles. The quantitative estimate of drug-likeness (QED) is 0.706. The number of H-pyrrole nitrogens is 1. The highest BCUT2D eigenvalue weighted by Crippen LogP contribution is 2.36. The molecule has 6 nitrogen and oxygen atoms in total. The maximum Gasteiger partial charge on any atom is 0.315 e. The third-order valence-corrected chi connectivity index (χ3v) is 5.15. The fourth-order valence-electron chi connectivity index (χ4n) is 3.26. The molecule has 0 radical (unpaired) electrons. The van der Waals surface area contributed by atoms with E-state index >= 15 is 0 Å². The summed E-state index contributed by atoms with van der Waals surface area (Å²) in [5.41, 5.74) is 3.51. The van der Waals surface area contributed by atoms with Gasteiger partial charge in [0.2, 0.25) is 0 Å². The van der Waals surface area contributed by atoms with E-state index in [-0.39, 0.29) is 11.5 Å². The number of aromatic amines is 1. The van der Waals surface area contributed by atoms with Gasteiger partial charge in [-0.1, -0.05) is 6.07 Å². The molecule has 0 spiro atoms. The molecule has 25 heavy (non-hydrogen) atoms. The van der Waals surface area contributed by atoms with Gasteiger partial charge in [0.05, 0.1) is 17.3 Å². The molecule has 3 heterocycles. The number of aryl methyl sites for hydroxylation is 1. The van der Waals surface area contributed by atoms with Gasteiger partial charge in [-0.15, -0.1) is 11.3 Å². The summed E-state index contributed by atoms with van der Waals surface area (Å²) < 4.78 is 5.19. The van der Waals surface area contributed by atoms with Gasteiger partial charge in [0.15, 0.2) is 0 Å². The van der Waals surface area contributed by atoms with Gasteiger partial charge in [-0.25, -0.2) is 4.98 Å². The van der Waals surface area contributed by atoms with Crippen LogP contribution in [0.25, 0.3) is 22.2 Å². The van der Waals surface area contributed by atoms with E-state index < -0.39 is 5.92 Å². The number of aromatic nitrogens is 2. The lowest BCUT2D eigenvalue weighted by Crippen LogP contribution is -2.17. The van der Waals surface area contributed by atoms with E-state index in [4.69, 9.17) is 4.74 Å². The molecule has 0 saturated heterocycles. The van der Waals surface area contributed by atoms with E-state index in [2.05, 4.69) is 15.3 Å². The van der Waals surface area contributed by atoms with E-state index in [1.54, 1.807) is 18.3 Å². The number of carbonyl (C=O) groups excluding carboxylic acids is 1. The molecule has 128 valence electrons. The number of thiazole rings is 1. The van der Waals surface area contributed by atoms with E-state index in [1.807, 2.05) is 30.5 Å². The molecule has 2 N–H and O–H groups in total. The first-order chi connectivity index (χ1) is 12.1. The second-order valence-corrected chi connectivity index (χ2v) is 7.00. The smallest absolute Gasteiger partial charge is 0.315 e.